The molecule has 1 N–H and O–H groups in total. The number of aromatic nitrogens is 2. The number of rotatable bonds is 7. The number of nitro groups is 1. The maximum Gasteiger partial charge on any atom is 0.282 e. The Hall–Kier alpha value is -4.12. The number of nitro benzene ring substituents is 1. The molecular formula is C23H20ClN5O6. The Kier molecular flexibility index (Phi) is 6.35. The Morgan fingerprint density at radius 1 is 1.23 bits per heavy atom. The summed E-state index contributed by atoms with van der Waals surface area (Å²) in [7, 11) is 0. The highest BCUT2D eigenvalue weighted by atomic mass is 35.5. The van der Waals surface area contributed by atoms with Crippen molar-refractivity contribution in [3.8, 4) is 0 Å². The molecule has 11 nitrogen and oxygen atoms in total. The standard InChI is InChI=1S/C23H20ClN5O6/c1-3-9-27(11-18-25-16-10-13(24)7-8-14(16)20(30)26-18)21(31)12(2)28-22(32)15-5-4-6-17(29(34)35)19(15)23(28)33/h4-8,10,12H,3,9,11H2,1-2H3,(H,25,26,30)/t12-/m0/s1. The van der Waals surface area contributed by atoms with Crippen LogP contribution < -0.4 is 5.56 Å². The van der Waals surface area contributed by atoms with E-state index >= 15 is 0 Å². The first kappa shape index (κ1) is 24.0. The Balaban J connectivity index is 1.64. The van der Waals surface area contributed by atoms with Crippen LogP contribution in [0.3, 0.4) is 0 Å². The Bertz CT molecular complexity index is 1450. The van der Waals surface area contributed by atoms with Gasteiger partial charge in [-0.05, 0) is 37.6 Å². The second-order valence-electron chi connectivity index (χ2n) is 8.05. The summed E-state index contributed by atoms with van der Waals surface area (Å²) in [6, 6.07) is 7.18. The molecule has 2 heterocycles. The van der Waals surface area contributed by atoms with Gasteiger partial charge in [-0.25, -0.2) is 4.98 Å². The quantitative estimate of drug-likeness (QED) is 0.300. The van der Waals surface area contributed by atoms with Crippen LogP contribution in [0.5, 0.6) is 0 Å². The van der Waals surface area contributed by atoms with E-state index in [0.717, 1.165) is 11.0 Å². The lowest BCUT2D eigenvalue weighted by atomic mass is 10.1. The summed E-state index contributed by atoms with van der Waals surface area (Å²) in [5.41, 5.74) is -0.984. The minimum absolute atomic E-state index is 0.0853. The normalized spacial score (nSPS) is 13.7. The number of fused-ring (bicyclic) bond motifs is 2. The van der Waals surface area contributed by atoms with Gasteiger partial charge in [0.2, 0.25) is 5.91 Å². The van der Waals surface area contributed by atoms with Crippen molar-refractivity contribution in [1.29, 1.82) is 0 Å². The Morgan fingerprint density at radius 2 is 1.97 bits per heavy atom. The van der Waals surface area contributed by atoms with Crippen molar-refractivity contribution in [1.82, 2.24) is 19.8 Å². The minimum Gasteiger partial charge on any atom is -0.333 e. The number of aromatic amines is 1. The zero-order valence-corrected chi connectivity index (χ0v) is 19.5. The summed E-state index contributed by atoms with van der Waals surface area (Å²) >= 11 is 6.01. The van der Waals surface area contributed by atoms with Crippen molar-refractivity contribution >= 4 is 45.9 Å². The lowest BCUT2D eigenvalue weighted by Crippen LogP contribution is -2.49. The third-order valence-electron chi connectivity index (χ3n) is 5.73. The molecule has 12 heteroatoms. The van der Waals surface area contributed by atoms with Crippen molar-refractivity contribution in [2.24, 2.45) is 0 Å². The van der Waals surface area contributed by atoms with Gasteiger partial charge in [-0.3, -0.25) is 34.2 Å². The van der Waals surface area contributed by atoms with Crippen molar-refractivity contribution in [3.63, 3.8) is 0 Å². The van der Waals surface area contributed by atoms with Crippen LogP contribution in [0.15, 0.2) is 41.2 Å². The Labute approximate surface area is 203 Å². The van der Waals surface area contributed by atoms with E-state index in [2.05, 4.69) is 9.97 Å². The van der Waals surface area contributed by atoms with Gasteiger partial charge < -0.3 is 9.88 Å². The highest BCUT2D eigenvalue weighted by Crippen LogP contribution is 2.32. The highest BCUT2D eigenvalue weighted by Gasteiger charge is 2.45. The van der Waals surface area contributed by atoms with Crippen LogP contribution in [0.4, 0.5) is 5.69 Å². The number of halogens is 1. The summed E-state index contributed by atoms with van der Waals surface area (Å²) in [6.45, 7) is 3.39. The molecule has 0 spiro atoms. The lowest BCUT2D eigenvalue weighted by molar-refractivity contribution is -0.385. The first-order chi connectivity index (χ1) is 16.6. The number of H-pyrrole nitrogens is 1. The van der Waals surface area contributed by atoms with Crippen molar-refractivity contribution in [2.45, 2.75) is 32.9 Å². The third-order valence-corrected chi connectivity index (χ3v) is 5.96. The molecule has 1 aliphatic rings. The number of carbonyl (C=O) groups is 3. The molecule has 0 bridgehead atoms. The number of nitrogens with one attached hydrogen (secondary N) is 1. The number of hydrogen-bond acceptors (Lipinski definition) is 7. The van der Waals surface area contributed by atoms with E-state index in [-0.39, 0.29) is 30.0 Å². The number of hydrogen-bond donors (Lipinski definition) is 1. The predicted molar refractivity (Wildman–Crippen MR) is 126 cm³/mol. The Morgan fingerprint density at radius 3 is 2.66 bits per heavy atom. The van der Waals surface area contributed by atoms with Gasteiger partial charge in [-0.2, -0.15) is 0 Å². The summed E-state index contributed by atoms with van der Waals surface area (Å²) in [5, 5.41) is 12.1. The number of imide groups is 1. The van der Waals surface area contributed by atoms with Crippen LogP contribution in [0, 0.1) is 10.1 Å². The molecule has 0 radical (unpaired) electrons. The van der Waals surface area contributed by atoms with E-state index < -0.39 is 39.9 Å². The van der Waals surface area contributed by atoms with Crippen LogP contribution in [-0.2, 0) is 11.3 Å². The maximum absolute atomic E-state index is 13.4. The van der Waals surface area contributed by atoms with Crippen LogP contribution >= 0.6 is 11.6 Å². The summed E-state index contributed by atoms with van der Waals surface area (Å²) < 4.78 is 0. The maximum atomic E-state index is 13.4. The topological polar surface area (TPSA) is 147 Å². The molecular weight excluding hydrogens is 478 g/mol. The molecule has 1 atom stereocenters. The SMILES string of the molecule is CCCN(Cc1nc2cc(Cl)ccc2c(=O)[nH]1)C(=O)[C@H](C)N1C(=O)c2cccc([N+](=O)[O-])c2C1=O. The largest absolute Gasteiger partial charge is 0.333 e. The van der Waals surface area contributed by atoms with Crippen LogP contribution in [-0.4, -0.2) is 55.0 Å². The molecule has 1 aliphatic heterocycles. The molecule has 3 amide bonds. The smallest absolute Gasteiger partial charge is 0.282 e. The zero-order chi connectivity index (χ0) is 25.4. The average molecular weight is 498 g/mol. The van der Waals surface area contributed by atoms with E-state index in [9.17, 15) is 29.3 Å². The number of nitrogens with zero attached hydrogens (tertiary/aromatic N) is 4. The number of benzene rings is 2. The minimum atomic E-state index is -1.24. The lowest BCUT2D eigenvalue weighted by Gasteiger charge is -2.29. The van der Waals surface area contributed by atoms with Gasteiger partial charge in [0.05, 0.1) is 27.9 Å². The molecule has 180 valence electrons. The average Bonchev–Trinajstić information content (AvgIpc) is 3.07. The molecule has 0 aliphatic carbocycles. The van der Waals surface area contributed by atoms with E-state index in [1.165, 1.54) is 30.0 Å². The van der Waals surface area contributed by atoms with Gasteiger partial charge in [0.25, 0.3) is 23.1 Å². The first-order valence-corrected chi connectivity index (χ1v) is 11.1. The fourth-order valence-corrected chi connectivity index (χ4v) is 4.28. The van der Waals surface area contributed by atoms with Crippen molar-refractivity contribution in [2.75, 3.05) is 6.54 Å². The van der Waals surface area contributed by atoms with Gasteiger partial charge in [-0.15, -0.1) is 0 Å². The van der Waals surface area contributed by atoms with Gasteiger partial charge in [-0.1, -0.05) is 24.6 Å². The highest BCUT2D eigenvalue weighted by molar-refractivity contribution is 6.31. The second-order valence-corrected chi connectivity index (χ2v) is 8.48. The molecule has 0 saturated carbocycles. The molecule has 3 aromatic rings. The summed E-state index contributed by atoms with van der Waals surface area (Å²) in [6.07, 6.45) is 0.551. The molecule has 0 saturated heterocycles. The molecule has 2 aromatic carbocycles. The van der Waals surface area contributed by atoms with E-state index in [1.54, 1.807) is 12.1 Å². The van der Waals surface area contributed by atoms with E-state index in [1.807, 2.05) is 6.92 Å². The molecule has 0 fully saturated rings. The molecule has 0 unspecified atom stereocenters. The van der Waals surface area contributed by atoms with Gasteiger partial charge in [0, 0.05) is 17.6 Å². The fraction of sp³-hybridized carbons (Fsp3) is 0.261. The second kappa shape index (κ2) is 9.26. The van der Waals surface area contributed by atoms with E-state index in [4.69, 9.17) is 11.6 Å². The molecule has 35 heavy (non-hydrogen) atoms. The van der Waals surface area contributed by atoms with Crippen LogP contribution in [0.2, 0.25) is 5.02 Å². The molecule has 4 rings (SSSR count). The predicted octanol–water partition coefficient (Wildman–Crippen LogP) is 2.91. The molecule has 1 aromatic heterocycles. The zero-order valence-electron chi connectivity index (χ0n) is 18.8. The summed E-state index contributed by atoms with van der Waals surface area (Å²) in [5.74, 6) is -2.05. The van der Waals surface area contributed by atoms with E-state index in [0.29, 0.717) is 22.3 Å². The van der Waals surface area contributed by atoms with Gasteiger partial charge in [0.15, 0.2) is 0 Å². The van der Waals surface area contributed by atoms with Crippen molar-refractivity contribution in [3.05, 3.63) is 78.8 Å². The third kappa shape index (κ3) is 4.26. The van der Waals surface area contributed by atoms with Crippen molar-refractivity contribution < 1.29 is 19.3 Å². The van der Waals surface area contributed by atoms with Gasteiger partial charge >= 0.3 is 0 Å². The van der Waals surface area contributed by atoms with Crippen LogP contribution in [0.25, 0.3) is 10.9 Å². The monoisotopic (exact) mass is 497 g/mol. The number of carbonyl (C=O) groups excluding carboxylic acids is 3. The first-order valence-electron chi connectivity index (χ1n) is 10.8. The van der Waals surface area contributed by atoms with Gasteiger partial charge in [0.1, 0.15) is 17.4 Å². The fourth-order valence-electron chi connectivity index (χ4n) is 4.12. The summed E-state index contributed by atoms with van der Waals surface area (Å²) in [4.78, 5) is 71.6. The number of amides is 3. The van der Waals surface area contributed by atoms with Crippen LogP contribution in [0.1, 0.15) is 46.8 Å².